The van der Waals surface area contributed by atoms with Gasteiger partial charge in [-0.3, -0.25) is 0 Å². The van der Waals surface area contributed by atoms with Gasteiger partial charge in [0.15, 0.2) is 0 Å². The highest BCUT2D eigenvalue weighted by molar-refractivity contribution is 4.94. The van der Waals surface area contributed by atoms with Gasteiger partial charge in [0.05, 0.1) is 6.10 Å². The third-order valence-electron chi connectivity index (χ3n) is 7.09. The molecule has 3 aliphatic rings. The minimum absolute atomic E-state index is 0.0257. The Morgan fingerprint density at radius 3 is 2.24 bits per heavy atom. The summed E-state index contributed by atoms with van der Waals surface area (Å²) in [6, 6.07) is 0. The number of fused-ring (bicyclic) bond motifs is 3. The van der Waals surface area contributed by atoms with Crippen LogP contribution in [0.15, 0.2) is 0 Å². The van der Waals surface area contributed by atoms with Crippen LogP contribution in [0.4, 0.5) is 0 Å². The van der Waals surface area contributed by atoms with Gasteiger partial charge in [0.25, 0.3) is 0 Å². The van der Waals surface area contributed by atoms with Gasteiger partial charge in [-0.05, 0) is 74.5 Å². The Morgan fingerprint density at radius 2 is 1.48 bits per heavy atom. The molecule has 0 aromatic heterocycles. The van der Waals surface area contributed by atoms with Gasteiger partial charge < -0.3 is 5.11 Å². The number of unbranched alkanes of at least 4 members (excludes halogenated alkanes) is 3. The molecule has 0 aromatic carbocycles. The second-order valence-electron chi connectivity index (χ2n) is 8.42. The molecule has 0 saturated heterocycles. The zero-order chi connectivity index (χ0) is 14.7. The summed E-state index contributed by atoms with van der Waals surface area (Å²) in [7, 11) is 0. The Labute approximate surface area is 131 Å². The van der Waals surface area contributed by atoms with Crippen molar-refractivity contribution in [3.63, 3.8) is 0 Å². The molecule has 0 spiro atoms. The third-order valence-corrected chi connectivity index (χ3v) is 7.09. The van der Waals surface area contributed by atoms with E-state index in [1.54, 1.807) is 6.42 Å². The summed E-state index contributed by atoms with van der Waals surface area (Å²) in [6.07, 6.45) is 18.3. The molecule has 0 radical (unpaired) electrons. The molecule has 1 N–H and O–H groups in total. The van der Waals surface area contributed by atoms with Gasteiger partial charge in [-0.15, -0.1) is 0 Å². The van der Waals surface area contributed by atoms with E-state index in [-0.39, 0.29) is 6.10 Å². The third kappa shape index (κ3) is 3.84. The zero-order valence-corrected chi connectivity index (χ0v) is 14.1. The molecule has 6 unspecified atom stereocenters. The van der Waals surface area contributed by atoms with Crippen molar-refractivity contribution in [2.75, 3.05) is 0 Å². The fraction of sp³-hybridized carbons (Fsp3) is 1.00. The van der Waals surface area contributed by atoms with E-state index >= 15 is 0 Å². The van der Waals surface area contributed by atoms with Gasteiger partial charge in [-0.1, -0.05) is 45.4 Å². The number of hydrogen-bond donors (Lipinski definition) is 1. The lowest BCUT2D eigenvalue weighted by atomic mass is 9.56. The quantitative estimate of drug-likeness (QED) is 0.658. The topological polar surface area (TPSA) is 20.2 Å². The Balaban J connectivity index is 1.47. The molecule has 1 heteroatoms. The van der Waals surface area contributed by atoms with Gasteiger partial charge in [0, 0.05) is 0 Å². The van der Waals surface area contributed by atoms with Crippen LogP contribution in [0.5, 0.6) is 0 Å². The Bertz CT molecular complexity index is 313. The Hall–Kier alpha value is -0.0400. The maximum Gasteiger partial charge on any atom is 0.0543 e. The van der Waals surface area contributed by atoms with Crippen LogP contribution in [-0.4, -0.2) is 11.2 Å². The van der Waals surface area contributed by atoms with E-state index in [2.05, 4.69) is 6.92 Å². The minimum atomic E-state index is 0.0257. The van der Waals surface area contributed by atoms with Crippen LogP contribution in [-0.2, 0) is 0 Å². The molecule has 21 heavy (non-hydrogen) atoms. The Kier molecular flexibility index (Phi) is 5.65. The summed E-state index contributed by atoms with van der Waals surface area (Å²) in [6.45, 7) is 2.31. The molecular formula is C20H36O. The second-order valence-corrected chi connectivity index (χ2v) is 8.42. The van der Waals surface area contributed by atoms with Crippen LogP contribution in [0.3, 0.4) is 0 Å². The van der Waals surface area contributed by atoms with Crippen molar-refractivity contribution in [2.45, 2.75) is 96.5 Å². The van der Waals surface area contributed by atoms with E-state index in [1.165, 1.54) is 64.2 Å². The smallest absolute Gasteiger partial charge is 0.0543 e. The molecule has 3 fully saturated rings. The first-order chi connectivity index (χ1) is 10.3. The number of hydrogen-bond acceptors (Lipinski definition) is 1. The van der Waals surface area contributed by atoms with Crippen LogP contribution in [0.1, 0.15) is 90.4 Å². The lowest BCUT2D eigenvalue weighted by molar-refractivity contribution is -0.0268. The van der Waals surface area contributed by atoms with Gasteiger partial charge in [0.1, 0.15) is 0 Å². The highest BCUT2D eigenvalue weighted by Gasteiger charge is 2.44. The largest absolute Gasteiger partial charge is 0.393 e. The van der Waals surface area contributed by atoms with Gasteiger partial charge >= 0.3 is 0 Å². The van der Waals surface area contributed by atoms with Crippen LogP contribution in [0, 0.1) is 29.6 Å². The van der Waals surface area contributed by atoms with Crippen molar-refractivity contribution >= 4 is 0 Å². The van der Waals surface area contributed by atoms with E-state index in [0.29, 0.717) is 0 Å². The standard InChI is InChI=1S/C20H36O/c1-2-3-4-5-6-15-7-11-19-16(13-15)8-9-17-14-18(21)10-12-20(17)19/h15-21H,2-14H2,1H3. The summed E-state index contributed by atoms with van der Waals surface area (Å²) in [5, 5.41) is 9.93. The highest BCUT2D eigenvalue weighted by Crippen LogP contribution is 2.52. The summed E-state index contributed by atoms with van der Waals surface area (Å²) in [4.78, 5) is 0. The van der Waals surface area contributed by atoms with E-state index in [1.807, 2.05) is 0 Å². The fourth-order valence-corrected chi connectivity index (χ4v) is 5.99. The molecule has 0 aromatic rings. The van der Waals surface area contributed by atoms with Crippen molar-refractivity contribution in [2.24, 2.45) is 29.6 Å². The van der Waals surface area contributed by atoms with Gasteiger partial charge in [-0.25, -0.2) is 0 Å². The predicted octanol–water partition coefficient (Wildman–Crippen LogP) is 5.56. The normalized spacial score (nSPS) is 43.1. The first-order valence-electron chi connectivity index (χ1n) is 9.96. The van der Waals surface area contributed by atoms with E-state index in [9.17, 15) is 5.11 Å². The minimum Gasteiger partial charge on any atom is -0.393 e. The molecule has 3 rings (SSSR count). The molecule has 122 valence electrons. The number of aliphatic hydroxyl groups is 1. The highest BCUT2D eigenvalue weighted by atomic mass is 16.3. The Morgan fingerprint density at radius 1 is 0.762 bits per heavy atom. The van der Waals surface area contributed by atoms with E-state index in [4.69, 9.17) is 0 Å². The lowest BCUT2D eigenvalue weighted by Gasteiger charge is -2.50. The zero-order valence-electron chi connectivity index (χ0n) is 14.1. The molecule has 0 aliphatic heterocycles. The molecular weight excluding hydrogens is 256 g/mol. The summed E-state index contributed by atoms with van der Waals surface area (Å²) >= 11 is 0. The number of aliphatic hydroxyl groups excluding tert-OH is 1. The predicted molar refractivity (Wildman–Crippen MR) is 89.2 cm³/mol. The molecule has 0 amide bonds. The lowest BCUT2D eigenvalue weighted by Crippen LogP contribution is -2.42. The van der Waals surface area contributed by atoms with Crippen molar-refractivity contribution in [1.82, 2.24) is 0 Å². The SMILES string of the molecule is CCCCCCC1CCC2C(CCC3CC(O)CCC32)C1. The maximum absolute atomic E-state index is 9.93. The summed E-state index contributed by atoms with van der Waals surface area (Å²) < 4.78 is 0. The molecule has 3 aliphatic carbocycles. The van der Waals surface area contributed by atoms with Crippen molar-refractivity contribution in [1.29, 1.82) is 0 Å². The van der Waals surface area contributed by atoms with E-state index in [0.717, 1.165) is 42.4 Å². The molecule has 0 bridgehead atoms. The first-order valence-corrected chi connectivity index (χ1v) is 9.96. The molecule has 1 nitrogen and oxygen atoms in total. The maximum atomic E-state index is 9.93. The molecule has 6 atom stereocenters. The summed E-state index contributed by atoms with van der Waals surface area (Å²) in [5.74, 6) is 4.98. The summed E-state index contributed by atoms with van der Waals surface area (Å²) in [5.41, 5.74) is 0. The van der Waals surface area contributed by atoms with Crippen molar-refractivity contribution < 1.29 is 5.11 Å². The van der Waals surface area contributed by atoms with Crippen LogP contribution < -0.4 is 0 Å². The van der Waals surface area contributed by atoms with Crippen LogP contribution in [0.25, 0.3) is 0 Å². The van der Waals surface area contributed by atoms with Crippen LogP contribution >= 0.6 is 0 Å². The second kappa shape index (κ2) is 7.49. The van der Waals surface area contributed by atoms with Crippen LogP contribution in [0.2, 0.25) is 0 Å². The average molecular weight is 293 g/mol. The van der Waals surface area contributed by atoms with Gasteiger partial charge in [0.2, 0.25) is 0 Å². The monoisotopic (exact) mass is 292 g/mol. The average Bonchev–Trinajstić information content (AvgIpc) is 2.51. The van der Waals surface area contributed by atoms with Crippen molar-refractivity contribution in [3.8, 4) is 0 Å². The van der Waals surface area contributed by atoms with E-state index < -0.39 is 0 Å². The number of rotatable bonds is 5. The first kappa shape index (κ1) is 15.8. The van der Waals surface area contributed by atoms with Gasteiger partial charge in [-0.2, -0.15) is 0 Å². The molecule has 3 saturated carbocycles. The fourth-order valence-electron chi connectivity index (χ4n) is 5.99. The van der Waals surface area contributed by atoms with Crippen molar-refractivity contribution in [3.05, 3.63) is 0 Å². The molecule has 0 heterocycles.